The average molecular weight is 318 g/mol. The second kappa shape index (κ2) is 5.80. The number of thiophene rings is 1. The van der Waals surface area contributed by atoms with E-state index in [9.17, 15) is 13.2 Å². The molecule has 0 spiro atoms. The molecule has 20 heavy (non-hydrogen) atoms. The Kier molecular flexibility index (Phi) is 4.48. The Labute approximate surface area is 122 Å². The topological polar surface area (TPSA) is 98.5 Å². The lowest BCUT2D eigenvalue weighted by Crippen LogP contribution is -2.38. The Hall–Kier alpha value is -0.960. The van der Waals surface area contributed by atoms with Crippen LogP contribution in [-0.4, -0.2) is 34.1 Å². The van der Waals surface area contributed by atoms with E-state index in [0.29, 0.717) is 11.5 Å². The summed E-state index contributed by atoms with van der Waals surface area (Å²) in [6.07, 6.45) is 2.10. The molecule has 1 unspecified atom stereocenters. The number of methoxy groups -OCH3 is 1. The zero-order chi connectivity index (χ0) is 14.9. The van der Waals surface area contributed by atoms with Crippen LogP contribution in [0.1, 0.15) is 28.1 Å². The van der Waals surface area contributed by atoms with E-state index in [1.165, 1.54) is 7.11 Å². The quantitative estimate of drug-likeness (QED) is 0.758. The summed E-state index contributed by atoms with van der Waals surface area (Å²) in [5.74, 6) is -0.240. The summed E-state index contributed by atoms with van der Waals surface area (Å²) in [5.41, 5.74) is 6.42. The van der Waals surface area contributed by atoms with E-state index in [4.69, 9.17) is 5.73 Å². The van der Waals surface area contributed by atoms with Gasteiger partial charge in [-0.3, -0.25) is 0 Å². The highest BCUT2D eigenvalue weighted by Gasteiger charge is 2.31. The number of hydrogen-bond donors (Lipinski definition) is 2. The normalized spacial score (nSPS) is 16.9. The molecule has 112 valence electrons. The number of carbonyl (C=O) groups is 1. The van der Waals surface area contributed by atoms with E-state index in [1.807, 2.05) is 0 Å². The van der Waals surface area contributed by atoms with Gasteiger partial charge in [0.2, 0.25) is 10.0 Å². The zero-order valence-electron chi connectivity index (χ0n) is 11.4. The smallest absolute Gasteiger partial charge is 0.349 e. The fraction of sp³-hybridized carbons (Fsp3) is 0.583. The van der Waals surface area contributed by atoms with Crippen LogP contribution in [0.15, 0.2) is 10.3 Å². The van der Waals surface area contributed by atoms with E-state index in [0.717, 1.165) is 24.2 Å². The van der Waals surface area contributed by atoms with Crippen LogP contribution in [-0.2, 0) is 14.8 Å². The molecule has 0 saturated heterocycles. The minimum atomic E-state index is -3.75. The Bertz CT molecular complexity index is 605. The summed E-state index contributed by atoms with van der Waals surface area (Å²) in [6.45, 7) is 1.83. The molecule has 8 heteroatoms. The maximum absolute atomic E-state index is 12.3. The number of rotatable bonds is 6. The molecule has 1 heterocycles. The second-order valence-corrected chi connectivity index (χ2v) is 7.51. The summed E-state index contributed by atoms with van der Waals surface area (Å²) in [4.78, 5) is 11.7. The standard InChI is InChI=1S/C12H18N2O4S2/c1-7-6-19-10(12(15)18-2)11(7)20(16,17)14-5-9(13)8-3-4-8/h6,8-9,14H,3-5,13H2,1-2H3. The van der Waals surface area contributed by atoms with Gasteiger partial charge < -0.3 is 10.5 Å². The van der Waals surface area contributed by atoms with E-state index < -0.39 is 16.0 Å². The monoisotopic (exact) mass is 318 g/mol. The van der Waals surface area contributed by atoms with Crippen LogP contribution in [0.3, 0.4) is 0 Å². The number of esters is 1. The summed E-state index contributed by atoms with van der Waals surface area (Å²) in [6, 6.07) is -0.176. The van der Waals surface area contributed by atoms with Crippen molar-refractivity contribution in [2.45, 2.75) is 30.7 Å². The summed E-state index contributed by atoms with van der Waals surface area (Å²) < 4.78 is 31.8. The van der Waals surface area contributed by atoms with Gasteiger partial charge in [-0.15, -0.1) is 11.3 Å². The van der Waals surface area contributed by atoms with Crippen molar-refractivity contribution in [2.24, 2.45) is 11.7 Å². The highest BCUT2D eigenvalue weighted by molar-refractivity contribution is 7.89. The molecule has 1 aromatic rings. The minimum absolute atomic E-state index is 0.00246. The van der Waals surface area contributed by atoms with Crippen molar-refractivity contribution in [3.05, 3.63) is 15.8 Å². The predicted octanol–water partition coefficient (Wildman–Crippen LogP) is 0.859. The van der Waals surface area contributed by atoms with Gasteiger partial charge in [-0.05, 0) is 36.6 Å². The number of hydrogen-bond acceptors (Lipinski definition) is 6. The van der Waals surface area contributed by atoms with Gasteiger partial charge in [0.05, 0.1) is 7.11 Å². The second-order valence-electron chi connectivity index (χ2n) is 4.92. The van der Waals surface area contributed by atoms with Crippen molar-refractivity contribution in [2.75, 3.05) is 13.7 Å². The molecule has 2 rings (SSSR count). The van der Waals surface area contributed by atoms with Crippen LogP contribution < -0.4 is 10.5 Å². The molecule has 1 aromatic heterocycles. The Morgan fingerprint density at radius 1 is 1.60 bits per heavy atom. The Morgan fingerprint density at radius 3 is 2.80 bits per heavy atom. The van der Waals surface area contributed by atoms with E-state index in [1.54, 1.807) is 12.3 Å². The lowest BCUT2D eigenvalue weighted by atomic mass is 10.2. The first-order valence-corrected chi connectivity index (χ1v) is 8.64. The van der Waals surface area contributed by atoms with Crippen LogP contribution in [0.4, 0.5) is 0 Å². The first-order chi connectivity index (χ1) is 9.36. The summed E-state index contributed by atoms with van der Waals surface area (Å²) in [5, 5.41) is 1.63. The SMILES string of the molecule is COC(=O)c1scc(C)c1S(=O)(=O)NCC(N)C1CC1. The maximum atomic E-state index is 12.3. The first kappa shape index (κ1) is 15.4. The Balaban J connectivity index is 2.20. The highest BCUT2D eigenvalue weighted by atomic mass is 32.2. The minimum Gasteiger partial charge on any atom is -0.465 e. The van der Waals surface area contributed by atoms with Crippen LogP contribution in [0.25, 0.3) is 0 Å². The lowest BCUT2D eigenvalue weighted by molar-refractivity contribution is 0.0602. The van der Waals surface area contributed by atoms with Gasteiger partial charge in [-0.25, -0.2) is 17.9 Å². The zero-order valence-corrected chi connectivity index (χ0v) is 13.0. The van der Waals surface area contributed by atoms with E-state index in [-0.39, 0.29) is 22.4 Å². The number of ether oxygens (including phenoxy) is 1. The molecule has 1 aliphatic carbocycles. The molecule has 0 aromatic carbocycles. The maximum Gasteiger partial charge on any atom is 0.349 e. The molecule has 6 nitrogen and oxygen atoms in total. The van der Waals surface area contributed by atoms with E-state index in [2.05, 4.69) is 9.46 Å². The molecule has 0 bridgehead atoms. The third-order valence-corrected chi connectivity index (χ3v) is 6.11. The summed E-state index contributed by atoms with van der Waals surface area (Å²) in [7, 11) is -2.53. The highest BCUT2D eigenvalue weighted by Crippen LogP contribution is 2.32. The number of carbonyl (C=O) groups excluding carboxylic acids is 1. The van der Waals surface area contributed by atoms with Crippen molar-refractivity contribution in [3.8, 4) is 0 Å². The summed E-state index contributed by atoms with van der Waals surface area (Å²) >= 11 is 1.06. The molecule has 0 radical (unpaired) electrons. The molecular weight excluding hydrogens is 300 g/mol. The van der Waals surface area contributed by atoms with Crippen molar-refractivity contribution >= 4 is 27.3 Å². The van der Waals surface area contributed by atoms with Gasteiger partial charge in [0.1, 0.15) is 9.77 Å². The molecule has 1 atom stereocenters. The van der Waals surface area contributed by atoms with E-state index >= 15 is 0 Å². The van der Waals surface area contributed by atoms with Gasteiger partial charge in [-0.2, -0.15) is 0 Å². The van der Waals surface area contributed by atoms with Gasteiger partial charge in [0.15, 0.2) is 0 Å². The van der Waals surface area contributed by atoms with Gasteiger partial charge in [0.25, 0.3) is 0 Å². The van der Waals surface area contributed by atoms with Gasteiger partial charge in [0, 0.05) is 12.6 Å². The molecule has 3 N–H and O–H groups in total. The number of nitrogens with one attached hydrogen (secondary N) is 1. The molecule has 0 amide bonds. The lowest BCUT2D eigenvalue weighted by Gasteiger charge is -2.12. The third kappa shape index (κ3) is 3.20. The largest absolute Gasteiger partial charge is 0.465 e. The van der Waals surface area contributed by atoms with Crippen LogP contribution in [0, 0.1) is 12.8 Å². The number of aryl methyl sites for hydroxylation is 1. The van der Waals surface area contributed by atoms with Crippen molar-refractivity contribution < 1.29 is 17.9 Å². The molecular formula is C12H18N2O4S2. The van der Waals surface area contributed by atoms with Crippen LogP contribution in [0.2, 0.25) is 0 Å². The van der Waals surface area contributed by atoms with Crippen molar-refractivity contribution in [1.29, 1.82) is 0 Å². The van der Waals surface area contributed by atoms with Crippen molar-refractivity contribution in [3.63, 3.8) is 0 Å². The molecule has 1 saturated carbocycles. The predicted molar refractivity (Wildman–Crippen MR) is 76.3 cm³/mol. The van der Waals surface area contributed by atoms with Gasteiger partial charge in [-0.1, -0.05) is 0 Å². The van der Waals surface area contributed by atoms with Crippen LogP contribution >= 0.6 is 11.3 Å². The van der Waals surface area contributed by atoms with Gasteiger partial charge >= 0.3 is 5.97 Å². The third-order valence-electron chi connectivity index (χ3n) is 3.29. The number of nitrogens with two attached hydrogens (primary N) is 1. The number of sulfonamides is 1. The fourth-order valence-corrected chi connectivity index (χ4v) is 4.74. The average Bonchev–Trinajstić information content (AvgIpc) is 3.18. The van der Waals surface area contributed by atoms with Crippen molar-refractivity contribution in [1.82, 2.24) is 4.72 Å². The molecule has 1 aliphatic rings. The molecule has 1 fully saturated rings. The molecule has 0 aliphatic heterocycles. The Morgan fingerprint density at radius 2 is 2.25 bits per heavy atom. The van der Waals surface area contributed by atoms with Crippen LogP contribution in [0.5, 0.6) is 0 Å². The fourth-order valence-electron chi connectivity index (χ4n) is 1.97. The first-order valence-electron chi connectivity index (χ1n) is 6.28.